The van der Waals surface area contributed by atoms with E-state index in [4.69, 9.17) is 9.47 Å². The highest BCUT2D eigenvalue weighted by molar-refractivity contribution is 14.0. The molecular weight excluding hydrogens is 345 g/mol. The van der Waals surface area contributed by atoms with Gasteiger partial charge >= 0.3 is 0 Å². The lowest BCUT2D eigenvalue weighted by molar-refractivity contribution is 0.174. The molecule has 1 aliphatic heterocycles. The van der Waals surface area contributed by atoms with Gasteiger partial charge in [0.15, 0.2) is 17.5 Å². The molecule has 0 spiro atoms. The number of nitrogens with zero attached hydrogens (tertiary/aromatic N) is 1. The number of halogens is 1. The molecule has 6 heteroatoms. The van der Waals surface area contributed by atoms with Crippen molar-refractivity contribution in [1.82, 2.24) is 10.6 Å². The van der Waals surface area contributed by atoms with Crippen LogP contribution in [0.5, 0.6) is 11.5 Å². The van der Waals surface area contributed by atoms with Gasteiger partial charge in [-0.1, -0.05) is 6.07 Å². The number of hydrogen-bond donors (Lipinski definition) is 2. The third-order valence-corrected chi connectivity index (χ3v) is 2.46. The van der Waals surface area contributed by atoms with Crippen molar-refractivity contribution >= 4 is 29.9 Å². The van der Waals surface area contributed by atoms with Crippen LogP contribution in [0.25, 0.3) is 0 Å². The Kier molecular flexibility index (Phi) is 6.03. The Bertz CT molecular complexity index is 424. The summed E-state index contributed by atoms with van der Waals surface area (Å²) < 4.78 is 10.6. The first-order valence-corrected chi connectivity index (χ1v) is 5.66. The van der Waals surface area contributed by atoms with Crippen molar-refractivity contribution in [3.8, 4) is 11.5 Å². The molecule has 0 atom stereocenters. The lowest BCUT2D eigenvalue weighted by Crippen LogP contribution is -2.36. The smallest absolute Gasteiger partial charge is 0.231 e. The van der Waals surface area contributed by atoms with Crippen LogP contribution in [-0.4, -0.2) is 26.3 Å². The minimum absolute atomic E-state index is 0. The minimum atomic E-state index is 0. The Balaban J connectivity index is 0.00000162. The van der Waals surface area contributed by atoms with E-state index in [1.165, 1.54) is 0 Å². The first-order valence-electron chi connectivity index (χ1n) is 5.66. The molecule has 2 rings (SSSR count). The Labute approximate surface area is 124 Å². The van der Waals surface area contributed by atoms with E-state index in [0.29, 0.717) is 13.3 Å². The summed E-state index contributed by atoms with van der Waals surface area (Å²) in [5, 5.41) is 6.36. The number of aliphatic imine (C=N–C) groups is 1. The van der Waals surface area contributed by atoms with Crippen molar-refractivity contribution in [2.24, 2.45) is 4.99 Å². The summed E-state index contributed by atoms with van der Waals surface area (Å²) in [5.41, 5.74) is 1.13. The summed E-state index contributed by atoms with van der Waals surface area (Å²) in [5.74, 6) is 2.41. The number of fused-ring (bicyclic) bond motifs is 1. The molecule has 0 aromatic heterocycles. The summed E-state index contributed by atoms with van der Waals surface area (Å²) in [6.07, 6.45) is 0. The van der Waals surface area contributed by atoms with Crippen LogP contribution in [0.15, 0.2) is 23.2 Å². The van der Waals surface area contributed by atoms with Crippen LogP contribution in [0.1, 0.15) is 12.5 Å². The maximum atomic E-state index is 5.32. The van der Waals surface area contributed by atoms with E-state index in [1.807, 2.05) is 25.1 Å². The third-order valence-electron chi connectivity index (χ3n) is 2.46. The third kappa shape index (κ3) is 3.66. The second kappa shape index (κ2) is 7.30. The van der Waals surface area contributed by atoms with Crippen LogP contribution in [-0.2, 0) is 6.54 Å². The van der Waals surface area contributed by atoms with Gasteiger partial charge in [-0.15, -0.1) is 24.0 Å². The zero-order chi connectivity index (χ0) is 12.1. The second-order valence-electron chi connectivity index (χ2n) is 3.64. The van der Waals surface area contributed by atoms with E-state index < -0.39 is 0 Å². The minimum Gasteiger partial charge on any atom is -0.454 e. The van der Waals surface area contributed by atoms with Crippen LogP contribution in [0.4, 0.5) is 0 Å². The molecule has 2 N–H and O–H groups in total. The predicted octanol–water partition coefficient (Wildman–Crippen LogP) is 1.72. The number of rotatable bonds is 3. The molecule has 1 aromatic rings. The van der Waals surface area contributed by atoms with Gasteiger partial charge in [-0.3, -0.25) is 4.99 Å². The van der Waals surface area contributed by atoms with Gasteiger partial charge in [-0.05, 0) is 24.6 Å². The molecule has 0 saturated carbocycles. The van der Waals surface area contributed by atoms with Crippen molar-refractivity contribution < 1.29 is 9.47 Å². The fourth-order valence-electron chi connectivity index (χ4n) is 1.62. The molecule has 1 heterocycles. The highest BCUT2D eigenvalue weighted by Crippen LogP contribution is 2.32. The molecule has 5 nitrogen and oxygen atoms in total. The van der Waals surface area contributed by atoms with E-state index in [-0.39, 0.29) is 24.0 Å². The number of guanidine groups is 1. The highest BCUT2D eigenvalue weighted by Gasteiger charge is 2.12. The lowest BCUT2D eigenvalue weighted by Gasteiger charge is -2.10. The summed E-state index contributed by atoms with van der Waals surface area (Å²) in [4.78, 5) is 4.10. The van der Waals surface area contributed by atoms with Gasteiger partial charge in [0.25, 0.3) is 0 Å². The topological polar surface area (TPSA) is 54.9 Å². The first kappa shape index (κ1) is 14.9. The quantitative estimate of drug-likeness (QED) is 0.488. The van der Waals surface area contributed by atoms with Crippen LogP contribution in [0, 0.1) is 0 Å². The Morgan fingerprint density at radius 1 is 1.28 bits per heavy atom. The molecule has 1 aromatic carbocycles. The monoisotopic (exact) mass is 363 g/mol. The summed E-state index contributed by atoms with van der Waals surface area (Å²) >= 11 is 0. The average molecular weight is 363 g/mol. The van der Waals surface area contributed by atoms with Crippen molar-refractivity contribution in [3.63, 3.8) is 0 Å². The van der Waals surface area contributed by atoms with E-state index in [0.717, 1.165) is 29.6 Å². The SMILES string of the molecule is CCNC(=NC)NCc1ccc2c(c1)OCO2.I. The molecule has 0 fully saturated rings. The molecule has 100 valence electrons. The standard InChI is InChI=1S/C12H17N3O2.HI/c1-3-14-12(13-2)15-7-9-4-5-10-11(6-9)17-8-16-10;/h4-6H,3,7-8H2,1-2H3,(H2,13,14,15);1H. The van der Waals surface area contributed by atoms with Crippen LogP contribution >= 0.6 is 24.0 Å². The molecule has 1 aliphatic rings. The van der Waals surface area contributed by atoms with Crippen molar-refractivity contribution in [3.05, 3.63) is 23.8 Å². The van der Waals surface area contributed by atoms with E-state index in [9.17, 15) is 0 Å². The maximum Gasteiger partial charge on any atom is 0.231 e. The lowest BCUT2D eigenvalue weighted by atomic mass is 10.2. The van der Waals surface area contributed by atoms with Gasteiger partial charge in [0.2, 0.25) is 6.79 Å². The number of nitrogens with one attached hydrogen (secondary N) is 2. The molecule has 0 saturated heterocycles. The average Bonchev–Trinajstić information content (AvgIpc) is 2.81. The zero-order valence-corrected chi connectivity index (χ0v) is 12.9. The predicted molar refractivity (Wildman–Crippen MR) is 81.9 cm³/mol. The Morgan fingerprint density at radius 2 is 2.06 bits per heavy atom. The maximum absolute atomic E-state index is 5.32. The largest absolute Gasteiger partial charge is 0.454 e. The van der Waals surface area contributed by atoms with Crippen LogP contribution in [0.3, 0.4) is 0 Å². The molecule has 0 radical (unpaired) electrons. The van der Waals surface area contributed by atoms with Crippen molar-refractivity contribution in [2.75, 3.05) is 20.4 Å². The first-order chi connectivity index (χ1) is 8.33. The van der Waals surface area contributed by atoms with E-state index in [1.54, 1.807) is 7.05 Å². The normalized spacial score (nSPS) is 12.9. The Morgan fingerprint density at radius 3 is 2.78 bits per heavy atom. The van der Waals surface area contributed by atoms with Gasteiger partial charge < -0.3 is 20.1 Å². The molecular formula is C12H18IN3O2. The Hall–Kier alpha value is -1.18. The van der Waals surface area contributed by atoms with E-state index >= 15 is 0 Å². The second-order valence-corrected chi connectivity index (χ2v) is 3.64. The molecule has 0 bridgehead atoms. The highest BCUT2D eigenvalue weighted by atomic mass is 127. The van der Waals surface area contributed by atoms with Gasteiger partial charge in [-0.2, -0.15) is 0 Å². The zero-order valence-electron chi connectivity index (χ0n) is 10.5. The summed E-state index contributed by atoms with van der Waals surface area (Å²) in [7, 11) is 1.75. The van der Waals surface area contributed by atoms with Crippen LogP contribution < -0.4 is 20.1 Å². The van der Waals surface area contributed by atoms with Gasteiger partial charge in [0.1, 0.15) is 0 Å². The summed E-state index contributed by atoms with van der Waals surface area (Å²) in [6, 6.07) is 5.92. The fraction of sp³-hybridized carbons (Fsp3) is 0.417. The number of benzene rings is 1. The number of hydrogen-bond acceptors (Lipinski definition) is 3. The van der Waals surface area contributed by atoms with Crippen molar-refractivity contribution in [1.29, 1.82) is 0 Å². The summed E-state index contributed by atoms with van der Waals surface area (Å²) in [6.45, 7) is 3.90. The molecule has 0 unspecified atom stereocenters. The molecule has 0 amide bonds. The number of ether oxygens (including phenoxy) is 2. The molecule has 0 aliphatic carbocycles. The van der Waals surface area contributed by atoms with Gasteiger partial charge in [-0.25, -0.2) is 0 Å². The van der Waals surface area contributed by atoms with Crippen molar-refractivity contribution in [2.45, 2.75) is 13.5 Å². The van der Waals surface area contributed by atoms with E-state index in [2.05, 4.69) is 15.6 Å². The van der Waals surface area contributed by atoms with Crippen LogP contribution in [0.2, 0.25) is 0 Å². The van der Waals surface area contributed by atoms with Gasteiger partial charge in [0, 0.05) is 20.1 Å². The fourth-order valence-corrected chi connectivity index (χ4v) is 1.62. The molecule has 18 heavy (non-hydrogen) atoms. The van der Waals surface area contributed by atoms with Gasteiger partial charge in [0.05, 0.1) is 0 Å².